The summed E-state index contributed by atoms with van der Waals surface area (Å²) in [6.45, 7) is 4.85. The summed E-state index contributed by atoms with van der Waals surface area (Å²) in [7, 11) is 2.01. The molecule has 3 aromatic rings. The average Bonchev–Trinajstić information content (AvgIpc) is 2.65. The number of aromatic nitrogens is 1. The third-order valence-electron chi connectivity index (χ3n) is 4.44. The van der Waals surface area contributed by atoms with Crippen LogP contribution in [0.25, 0.3) is 0 Å². The van der Waals surface area contributed by atoms with Crippen molar-refractivity contribution >= 4 is 17.3 Å². The van der Waals surface area contributed by atoms with Crippen LogP contribution < -0.4 is 10.2 Å². The van der Waals surface area contributed by atoms with Gasteiger partial charge in [0.1, 0.15) is 5.69 Å². The van der Waals surface area contributed by atoms with Gasteiger partial charge in [-0.05, 0) is 54.8 Å². The molecular weight excluding hydrogens is 322 g/mol. The van der Waals surface area contributed by atoms with Gasteiger partial charge >= 0.3 is 0 Å². The highest BCUT2D eigenvalue weighted by atomic mass is 16.1. The normalized spacial score (nSPS) is 10.4. The van der Waals surface area contributed by atoms with Crippen LogP contribution in [0, 0.1) is 13.8 Å². The summed E-state index contributed by atoms with van der Waals surface area (Å²) in [4.78, 5) is 18.9. The molecule has 0 saturated carbocycles. The molecule has 132 valence electrons. The first-order valence-electron chi connectivity index (χ1n) is 8.62. The Kier molecular flexibility index (Phi) is 5.32. The number of nitrogens with one attached hydrogen (secondary N) is 1. The van der Waals surface area contributed by atoms with Crippen LogP contribution in [0.1, 0.15) is 27.2 Å². The highest BCUT2D eigenvalue weighted by Gasteiger charge is 2.11. The molecule has 1 N–H and O–H groups in total. The molecule has 0 aliphatic carbocycles. The zero-order valence-electron chi connectivity index (χ0n) is 15.4. The second-order valence-electron chi connectivity index (χ2n) is 6.49. The molecule has 4 heteroatoms. The van der Waals surface area contributed by atoms with E-state index in [1.54, 1.807) is 6.20 Å². The molecule has 0 fully saturated rings. The van der Waals surface area contributed by atoms with Gasteiger partial charge in [0.2, 0.25) is 0 Å². The van der Waals surface area contributed by atoms with Gasteiger partial charge in [0.25, 0.3) is 5.91 Å². The Morgan fingerprint density at radius 2 is 1.77 bits per heavy atom. The number of nitrogens with zero attached hydrogens (tertiary/aromatic N) is 2. The van der Waals surface area contributed by atoms with Crippen molar-refractivity contribution in [2.45, 2.75) is 20.4 Å². The number of anilines is 2. The molecule has 1 heterocycles. The van der Waals surface area contributed by atoms with E-state index < -0.39 is 0 Å². The minimum absolute atomic E-state index is 0.205. The molecule has 1 aromatic heterocycles. The van der Waals surface area contributed by atoms with Crippen LogP contribution in [0.3, 0.4) is 0 Å². The largest absolute Gasteiger partial charge is 0.370 e. The molecule has 0 bridgehead atoms. The molecule has 0 saturated heterocycles. The molecule has 0 aliphatic heterocycles. The maximum Gasteiger partial charge on any atom is 0.274 e. The molecule has 0 radical (unpaired) electrons. The van der Waals surface area contributed by atoms with E-state index in [2.05, 4.69) is 34.3 Å². The van der Waals surface area contributed by atoms with Crippen LogP contribution in [0.15, 0.2) is 66.9 Å². The van der Waals surface area contributed by atoms with E-state index in [0.717, 1.165) is 23.5 Å². The fourth-order valence-electron chi connectivity index (χ4n) is 2.74. The van der Waals surface area contributed by atoms with Gasteiger partial charge in [-0.2, -0.15) is 0 Å². The quantitative estimate of drug-likeness (QED) is 0.736. The molecule has 0 spiro atoms. The van der Waals surface area contributed by atoms with Gasteiger partial charge in [-0.1, -0.05) is 36.4 Å². The first kappa shape index (κ1) is 17.7. The van der Waals surface area contributed by atoms with Crippen molar-refractivity contribution < 1.29 is 4.79 Å². The molecule has 0 aliphatic rings. The van der Waals surface area contributed by atoms with Crippen molar-refractivity contribution in [1.29, 1.82) is 0 Å². The summed E-state index contributed by atoms with van der Waals surface area (Å²) < 4.78 is 0. The summed E-state index contributed by atoms with van der Waals surface area (Å²) in [5.74, 6) is -0.205. The number of hydrogen-bond acceptors (Lipinski definition) is 3. The first-order valence-corrected chi connectivity index (χ1v) is 8.62. The van der Waals surface area contributed by atoms with E-state index >= 15 is 0 Å². The standard InChI is InChI=1S/C22H23N3O/c1-16-9-10-19(13-17(16)2)24-22(26)21-14-20(11-12-23-21)25(3)15-18-7-5-4-6-8-18/h4-14H,15H2,1-3H3,(H,24,26). The fraction of sp³-hybridized carbons (Fsp3) is 0.182. The maximum absolute atomic E-state index is 12.6. The number of rotatable bonds is 5. The first-order chi connectivity index (χ1) is 12.5. The molecule has 2 aromatic carbocycles. The highest BCUT2D eigenvalue weighted by Crippen LogP contribution is 2.18. The van der Waals surface area contributed by atoms with E-state index in [0.29, 0.717) is 5.69 Å². The van der Waals surface area contributed by atoms with Crippen molar-refractivity contribution in [3.8, 4) is 0 Å². The lowest BCUT2D eigenvalue weighted by Gasteiger charge is -2.19. The van der Waals surface area contributed by atoms with E-state index in [9.17, 15) is 4.79 Å². The summed E-state index contributed by atoms with van der Waals surface area (Å²) in [6, 6.07) is 19.8. The third kappa shape index (κ3) is 4.28. The van der Waals surface area contributed by atoms with Crippen LogP contribution in [0.2, 0.25) is 0 Å². The summed E-state index contributed by atoms with van der Waals surface area (Å²) in [5, 5.41) is 2.92. The second-order valence-corrected chi connectivity index (χ2v) is 6.49. The summed E-state index contributed by atoms with van der Waals surface area (Å²) in [6.07, 6.45) is 1.67. The van der Waals surface area contributed by atoms with Gasteiger partial charge in [-0.15, -0.1) is 0 Å². The number of benzene rings is 2. The molecule has 1 amide bonds. The van der Waals surface area contributed by atoms with Crippen molar-refractivity contribution in [2.24, 2.45) is 0 Å². The molecular formula is C22H23N3O. The minimum atomic E-state index is -0.205. The van der Waals surface area contributed by atoms with Crippen molar-refractivity contribution in [2.75, 3.05) is 17.3 Å². The highest BCUT2D eigenvalue weighted by molar-refractivity contribution is 6.03. The van der Waals surface area contributed by atoms with Crippen molar-refractivity contribution in [1.82, 2.24) is 4.98 Å². The molecule has 3 rings (SSSR count). The van der Waals surface area contributed by atoms with Gasteiger partial charge < -0.3 is 10.2 Å². The fourth-order valence-corrected chi connectivity index (χ4v) is 2.74. The van der Waals surface area contributed by atoms with Crippen LogP contribution in [-0.4, -0.2) is 17.9 Å². The monoisotopic (exact) mass is 345 g/mol. The topological polar surface area (TPSA) is 45.2 Å². The van der Waals surface area contributed by atoms with Gasteiger partial charge in [0.05, 0.1) is 0 Å². The van der Waals surface area contributed by atoms with Gasteiger partial charge in [-0.3, -0.25) is 9.78 Å². The van der Waals surface area contributed by atoms with Gasteiger partial charge in [0, 0.05) is 31.2 Å². The second kappa shape index (κ2) is 7.83. The molecule has 26 heavy (non-hydrogen) atoms. The molecule has 0 unspecified atom stereocenters. The number of aryl methyl sites for hydroxylation is 2. The number of pyridine rings is 1. The maximum atomic E-state index is 12.6. The van der Waals surface area contributed by atoms with E-state index in [1.807, 2.05) is 62.5 Å². The smallest absolute Gasteiger partial charge is 0.274 e. The Labute approximate surface area is 154 Å². The Morgan fingerprint density at radius 3 is 2.50 bits per heavy atom. The zero-order valence-corrected chi connectivity index (χ0v) is 15.4. The zero-order chi connectivity index (χ0) is 18.5. The lowest BCUT2D eigenvalue weighted by atomic mass is 10.1. The summed E-state index contributed by atoms with van der Waals surface area (Å²) in [5.41, 5.74) is 5.70. The third-order valence-corrected chi connectivity index (χ3v) is 4.44. The van der Waals surface area contributed by atoms with E-state index in [4.69, 9.17) is 0 Å². The molecule has 0 atom stereocenters. The Balaban J connectivity index is 1.73. The van der Waals surface area contributed by atoms with Crippen LogP contribution in [0.5, 0.6) is 0 Å². The van der Waals surface area contributed by atoms with E-state index in [1.165, 1.54) is 11.1 Å². The van der Waals surface area contributed by atoms with E-state index in [-0.39, 0.29) is 5.91 Å². The van der Waals surface area contributed by atoms with Crippen molar-refractivity contribution in [3.05, 3.63) is 89.2 Å². The van der Waals surface area contributed by atoms with Crippen LogP contribution >= 0.6 is 0 Å². The Hall–Kier alpha value is -3.14. The van der Waals surface area contributed by atoms with Crippen molar-refractivity contribution in [3.63, 3.8) is 0 Å². The summed E-state index contributed by atoms with van der Waals surface area (Å²) >= 11 is 0. The SMILES string of the molecule is Cc1ccc(NC(=O)c2cc(N(C)Cc3ccccc3)ccn2)cc1C. The number of hydrogen-bond donors (Lipinski definition) is 1. The number of carbonyl (C=O) groups is 1. The van der Waals surface area contributed by atoms with Crippen LogP contribution in [0.4, 0.5) is 11.4 Å². The number of carbonyl (C=O) groups excluding carboxylic acids is 1. The average molecular weight is 345 g/mol. The van der Waals surface area contributed by atoms with Crippen LogP contribution in [-0.2, 0) is 6.54 Å². The molecule has 4 nitrogen and oxygen atoms in total. The Morgan fingerprint density at radius 1 is 1.00 bits per heavy atom. The van der Waals surface area contributed by atoms with Gasteiger partial charge in [-0.25, -0.2) is 0 Å². The number of amides is 1. The predicted molar refractivity (Wildman–Crippen MR) is 107 cm³/mol. The van der Waals surface area contributed by atoms with Gasteiger partial charge in [0.15, 0.2) is 0 Å². The Bertz CT molecular complexity index is 906. The minimum Gasteiger partial charge on any atom is -0.370 e. The predicted octanol–water partition coefficient (Wildman–Crippen LogP) is 4.59. The lowest BCUT2D eigenvalue weighted by molar-refractivity contribution is 0.102. The lowest BCUT2D eigenvalue weighted by Crippen LogP contribution is -2.18.